The second-order valence-corrected chi connectivity index (χ2v) is 15.5. The van der Waals surface area contributed by atoms with Crippen LogP contribution in [0, 0.1) is 5.82 Å². The topological polar surface area (TPSA) is 88.1 Å². The van der Waals surface area contributed by atoms with Gasteiger partial charge in [-0.05, 0) is 135 Å². The summed E-state index contributed by atoms with van der Waals surface area (Å²) in [7, 11) is 0. The predicted octanol–water partition coefficient (Wildman–Crippen LogP) is 13.8. The Hall–Kier alpha value is -7.33. The lowest BCUT2D eigenvalue weighted by Crippen LogP contribution is -2.06. The number of hydrogen-bond acceptors (Lipinski definition) is 7. The minimum absolute atomic E-state index is 0.0732. The summed E-state index contributed by atoms with van der Waals surface area (Å²) in [5, 5.41) is 0. The molecule has 0 N–H and O–H groups in total. The first-order chi connectivity index (χ1) is 30.6. The average molecular weight is 841 g/mol. The Kier molecular flexibility index (Phi) is 13.9. The van der Waals surface area contributed by atoms with Gasteiger partial charge >= 0.3 is 0 Å². The van der Waals surface area contributed by atoms with Gasteiger partial charge < -0.3 is 14.2 Å². The molecule has 9 rings (SSSR count). The Labute approximate surface area is 368 Å². The van der Waals surface area contributed by atoms with Gasteiger partial charge in [-0.3, -0.25) is 13.8 Å². The van der Waals surface area contributed by atoms with E-state index >= 15 is 0 Å². The number of benzene rings is 3. The largest absolute Gasteiger partial charge is 0.491 e. The van der Waals surface area contributed by atoms with Gasteiger partial charge in [0.2, 0.25) is 5.88 Å². The van der Waals surface area contributed by atoms with E-state index < -0.39 is 0 Å². The molecule has 0 unspecified atom stereocenters. The molecule has 0 spiro atoms. The van der Waals surface area contributed by atoms with Gasteiger partial charge in [-0.25, -0.2) is 19.3 Å². The van der Waals surface area contributed by atoms with E-state index in [0.29, 0.717) is 11.8 Å². The molecular formula is C53H53FN6O3. The third kappa shape index (κ3) is 10.6. The third-order valence-electron chi connectivity index (χ3n) is 9.87. The zero-order chi connectivity index (χ0) is 44.5. The lowest BCUT2D eigenvalue weighted by molar-refractivity contribution is 0.231. The standard InChI is InChI=1S/C27H23N3O2.C24H24FN3O.C2H6/c1-19(2)31-24-12-8-20(9-13-24)22-10-14-26-28-17-25(30(26)18-22)21-11-15-27(29-16-21)32-23-6-4-3-5-7-23;1-15(2)21-8-5-18(12-26-21)22-13-27-24-10-7-19(14-28(22)24)17-6-9-23(20(25)11-17)29-16(3)4;1-2/h3-19H,1-2H3;5-16H,1-4H3;1-2H3. The Morgan fingerprint density at radius 2 is 1.02 bits per heavy atom. The van der Waals surface area contributed by atoms with Crippen LogP contribution in [-0.2, 0) is 0 Å². The van der Waals surface area contributed by atoms with Crippen molar-refractivity contribution in [2.45, 2.75) is 73.5 Å². The summed E-state index contributed by atoms with van der Waals surface area (Å²) in [6.45, 7) is 16.1. The number of ether oxygens (including phenoxy) is 3. The first-order valence-corrected chi connectivity index (χ1v) is 21.4. The fourth-order valence-electron chi connectivity index (χ4n) is 6.86. The molecule has 0 amide bonds. The molecule has 9 aromatic rings. The zero-order valence-electron chi connectivity index (χ0n) is 37.0. The smallest absolute Gasteiger partial charge is 0.219 e. The van der Waals surface area contributed by atoms with Crippen LogP contribution in [0.5, 0.6) is 23.1 Å². The summed E-state index contributed by atoms with van der Waals surface area (Å²) in [6.07, 6.45) is 11.6. The predicted molar refractivity (Wildman–Crippen MR) is 251 cm³/mol. The van der Waals surface area contributed by atoms with E-state index in [0.717, 1.165) is 73.3 Å². The Morgan fingerprint density at radius 3 is 1.54 bits per heavy atom. The first-order valence-electron chi connectivity index (χ1n) is 21.4. The summed E-state index contributed by atoms with van der Waals surface area (Å²) in [4.78, 5) is 18.1. The van der Waals surface area contributed by atoms with Crippen molar-refractivity contribution in [3.63, 3.8) is 0 Å². The van der Waals surface area contributed by atoms with Crippen LogP contribution in [0.15, 0.2) is 159 Å². The van der Waals surface area contributed by atoms with Crippen LogP contribution < -0.4 is 14.2 Å². The third-order valence-corrected chi connectivity index (χ3v) is 9.87. The van der Waals surface area contributed by atoms with E-state index in [1.165, 1.54) is 6.07 Å². The van der Waals surface area contributed by atoms with Crippen LogP contribution in [0.3, 0.4) is 0 Å². The summed E-state index contributed by atoms with van der Waals surface area (Å²) in [6, 6.07) is 38.8. The van der Waals surface area contributed by atoms with Crippen molar-refractivity contribution in [1.82, 2.24) is 28.7 Å². The molecule has 0 bridgehead atoms. The molecule has 3 aromatic carbocycles. The summed E-state index contributed by atoms with van der Waals surface area (Å²) >= 11 is 0. The van der Waals surface area contributed by atoms with Crippen LogP contribution in [0.25, 0.3) is 56.1 Å². The maximum atomic E-state index is 14.4. The van der Waals surface area contributed by atoms with Crippen molar-refractivity contribution in [3.8, 4) is 67.9 Å². The maximum absolute atomic E-state index is 14.4. The first kappa shape index (κ1) is 43.7. The van der Waals surface area contributed by atoms with E-state index in [-0.39, 0.29) is 23.8 Å². The number of hydrogen-bond donors (Lipinski definition) is 0. The minimum atomic E-state index is -0.365. The lowest BCUT2D eigenvalue weighted by atomic mass is 10.1. The van der Waals surface area contributed by atoms with Crippen LogP contribution in [0.2, 0.25) is 0 Å². The fourth-order valence-corrected chi connectivity index (χ4v) is 6.86. The van der Waals surface area contributed by atoms with Crippen molar-refractivity contribution >= 4 is 11.3 Å². The Morgan fingerprint density at radius 1 is 0.476 bits per heavy atom. The summed E-state index contributed by atoms with van der Waals surface area (Å²) in [5.74, 6) is 2.47. The van der Waals surface area contributed by atoms with Gasteiger partial charge in [-0.1, -0.05) is 64.1 Å². The van der Waals surface area contributed by atoms with E-state index in [1.807, 2.05) is 162 Å². The minimum Gasteiger partial charge on any atom is -0.491 e. The number of rotatable bonds is 11. The van der Waals surface area contributed by atoms with E-state index in [1.54, 1.807) is 6.07 Å². The molecule has 6 heterocycles. The number of aromatic nitrogens is 6. The van der Waals surface area contributed by atoms with Crippen LogP contribution in [-0.4, -0.2) is 40.9 Å². The zero-order valence-corrected chi connectivity index (χ0v) is 37.0. The second kappa shape index (κ2) is 20.0. The molecule has 0 atom stereocenters. The second-order valence-electron chi connectivity index (χ2n) is 15.5. The van der Waals surface area contributed by atoms with E-state index in [9.17, 15) is 4.39 Å². The Bertz CT molecular complexity index is 2870. The van der Waals surface area contributed by atoms with Crippen LogP contribution in [0.1, 0.15) is 67.0 Å². The summed E-state index contributed by atoms with van der Waals surface area (Å²) in [5.41, 5.74) is 10.6. The molecule has 0 aliphatic carbocycles. The SMILES string of the molecule is CC.CC(C)Oc1ccc(-c2ccc3ncc(-c4ccc(C(C)C)nc4)n3c2)cc1F.CC(C)Oc1ccc(-c2ccc3ncc(-c4ccc(Oc5ccccc5)nc4)n3c2)cc1. The van der Waals surface area contributed by atoms with Crippen molar-refractivity contribution in [3.05, 3.63) is 170 Å². The van der Waals surface area contributed by atoms with Gasteiger partial charge in [0.05, 0.1) is 36.0 Å². The molecule has 0 saturated heterocycles. The molecule has 0 aliphatic heterocycles. The van der Waals surface area contributed by atoms with Gasteiger partial charge in [0, 0.05) is 47.7 Å². The average Bonchev–Trinajstić information content (AvgIpc) is 3.93. The molecular weight excluding hydrogens is 788 g/mol. The van der Waals surface area contributed by atoms with Crippen molar-refractivity contribution in [1.29, 1.82) is 0 Å². The van der Waals surface area contributed by atoms with Crippen LogP contribution in [0.4, 0.5) is 4.39 Å². The van der Waals surface area contributed by atoms with Crippen molar-refractivity contribution in [2.24, 2.45) is 0 Å². The van der Waals surface area contributed by atoms with Gasteiger partial charge in [-0.2, -0.15) is 0 Å². The molecule has 10 heteroatoms. The molecule has 6 aromatic heterocycles. The van der Waals surface area contributed by atoms with E-state index in [4.69, 9.17) is 14.2 Å². The highest BCUT2D eigenvalue weighted by molar-refractivity contribution is 5.71. The maximum Gasteiger partial charge on any atom is 0.219 e. The molecule has 320 valence electrons. The van der Waals surface area contributed by atoms with Gasteiger partial charge in [0.25, 0.3) is 0 Å². The van der Waals surface area contributed by atoms with Gasteiger partial charge in [-0.15, -0.1) is 0 Å². The number of halogens is 1. The molecule has 0 saturated carbocycles. The number of para-hydroxylation sites is 1. The molecule has 9 nitrogen and oxygen atoms in total. The van der Waals surface area contributed by atoms with E-state index in [2.05, 4.69) is 68.6 Å². The highest BCUT2D eigenvalue weighted by Gasteiger charge is 2.13. The number of fused-ring (bicyclic) bond motifs is 2. The molecule has 0 fully saturated rings. The fraction of sp³-hybridized carbons (Fsp3) is 0.208. The summed E-state index contributed by atoms with van der Waals surface area (Å²) < 4.78 is 35.6. The van der Waals surface area contributed by atoms with Crippen molar-refractivity contribution in [2.75, 3.05) is 0 Å². The number of imidazole rings is 2. The highest BCUT2D eigenvalue weighted by Crippen LogP contribution is 2.31. The Balaban J connectivity index is 0.000000183. The quantitative estimate of drug-likeness (QED) is 0.128. The molecule has 0 radical (unpaired) electrons. The van der Waals surface area contributed by atoms with Crippen molar-refractivity contribution < 1.29 is 18.6 Å². The van der Waals surface area contributed by atoms with Gasteiger partial charge in [0.15, 0.2) is 11.6 Å². The number of nitrogens with zero attached hydrogens (tertiary/aromatic N) is 6. The lowest BCUT2D eigenvalue weighted by Gasteiger charge is -2.12. The normalized spacial score (nSPS) is 11.0. The molecule has 63 heavy (non-hydrogen) atoms. The monoisotopic (exact) mass is 840 g/mol. The molecule has 0 aliphatic rings. The van der Waals surface area contributed by atoms with Crippen LogP contribution >= 0.6 is 0 Å². The van der Waals surface area contributed by atoms with Gasteiger partial charge in [0.1, 0.15) is 22.8 Å². The number of pyridine rings is 4. The highest BCUT2D eigenvalue weighted by atomic mass is 19.1.